The number of amides is 2. The van der Waals surface area contributed by atoms with Gasteiger partial charge in [0.25, 0.3) is 17.6 Å². The minimum atomic E-state index is -0.512. The van der Waals surface area contributed by atoms with E-state index in [2.05, 4.69) is 25.7 Å². The van der Waals surface area contributed by atoms with Crippen molar-refractivity contribution in [2.75, 3.05) is 0 Å². The van der Waals surface area contributed by atoms with Gasteiger partial charge in [-0.1, -0.05) is 19.1 Å². The lowest BCUT2D eigenvalue weighted by Crippen LogP contribution is -2.28. The summed E-state index contributed by atoms with van der Waals surface area (Å²) in [5, 5.41) is 11.3. The van der Waals surface area contributed by atoms with Crippen LogP contribution in [0.1, 0.15) is 60.7 Å². The van der Waals surface area contributed by atoms with Crippen LogP contribution >= 0.6 is 11.3 Å². The van der Waals surface area contributed by atoms with Crippen molar-refractivity contribution in [3.05, 3.63) is 80.8 Å². The number of nitrogens with zero attached hydrogens (tertiary/aromatic N) is 4. The van der Waals surface area contributed by atoms with Crippen LogP contribution in [0.25, 0.3) is 5.78 Å². The van der Waals surface area contributed by atoms with Crippen molar-refractivity contribution >= 4 is 34.7 Å². The van der Waals surface area contributed by atoms with Gasteiger partial charge in [-0.05, 0) is 41.1 Å². The Morgan fingerprint density at radius 3 is 2.59 bits per heavy atom. The van der Waals surface area contributed by atoms with E-state index in [1.54, 1.807) is 32.0 Å². The summed E-state index contributed by atoms with van der Waals surface area (Å²) in [6.07, 6.45) is 1.66. The Labute approximate surface area is 198 Å². The number of benzene rings is 1. The van der Waals surface area contributed by atoms with E-state index >= 15 is 0 Å². The van der Waals surface area contributed by atoms with E-state index in [1.165, 1.54) is 34.3 Å². The molecule has 4 aromatic rings. The number of nitrogens with one attached hydrogen (secondary N) is 2. The van der Waals surface area contributed by atoms with Crippen LogP contribution in [0, 0.1) is 12.7 Å². The molecule has 0 radical (unpaired) electrons. The smallest absolute Gasteiger partial charge is 0.270 e. The summed E-state index contributed by atoms with van der Waals surface area (Å²) in [6, 6.07) is 7.66. The molecule has 0 unspecified atom stereocenters. The molecule has 4 rings (SSSR count). The average Bonchev–Trinajstić information content (AvgIpc) is 3.51. The molecular weight excluding hydrogens is 459 g/mol. The Bertz CT molecular complexity index is 1400. The van der Waals surface area contributed by atoms with Gasteiger partial charge in [0.05, 0.1) is 4.88 Å². The molecule has 174 valence electrons. The van der Waals surface area contributed by atoms with E-state index in [0.717, 1.165) is 11.1 Å². The molecular formula is C23H21FN6O3S. The lowest BCUT2D eigenvalue weighted by atomic mass is 10.1. The molecule has 2 N–H and O–H groups in total. The molecule has 3 heterocycles. The third-order valence-corrected chi connectivity index (χ3v) is 6.12. The van der Waals surface area contributed by atoms with Gasteiger partial charge in [0.2, 0.25) is 0 Å². The SMILES string of the molecule is CCC(=O)c1cc(CNC(=O)c2cc(C(=O)NCc3ccc(F)c(C)c3)nc3ncnn23)cs1. The predicted molar refractivity (Wildman–Crippen MR) is 123 cm³/mol. The number of halogens is 1. The van der Waals surface area contributed by atoms with E-state index in [-0.39, 0.29) is 41.9 Å². The zero-order valence-electron chi connectivity index (χ0n) is 18.5. The predicted octanol–water partition coefficient (Wildman–Crippen LogP) is 3.09. The first-order chi connectivity index (χ1) is 16.4. The van der Waals surface area contributed by atoms with Crippen LogP contribution in [0.4, 0.5) is 4.39 Å². The quantitative estimate of drug-likeness (QED) is 0.374. The lowest BCUT2D eigenvalue weighted by molar-refractivity contribution is 0.0941. The Balaban J connectivity index is 1.49. The van der Waals surface area contributed by atoms with Crippen molar-refractivity contribution in [2.24, 2.45) is 0 Å². The van der Waals surface area contributed by atoms with Crippen molar-refractivity contribution in [1.29, 1.82) is 0 Å². The fraction of sp³-hybridized carbons (Fsp3) is 0.217. The number of Topliss-reactive ketones (excluding diaryl/α,β-unsaturated/α-hetero) is 1. The van der Waals surface area contributed by atoms with Crippen LogP contribution in [0.3, 0.4) is 0 Å². The van der Waals surface area contributed by atoms with Crippen molar-refractivity contribution in [2.45, 2.75) is 33.4 Å². The van der Waals surface area contributed by atoms with Crippen LogP contribution in [0.2, 0.25) is 0 Å². The highest BCUT2D eigenvalue weighted by molar-refractivity contribution is 7.12. The number of aromatic nitrogens is 4. The highest BCUT2D eigenvalue weighted by Crippen LogP contribution is 2.17. The fourth-order valence-electron chi connectivity index (χ4n) is 3.24. The van der Waals surface area contributed by atoms with Gasteiger partial charge in [0, 0.05) is 25.6 Å². The molecule has 1 aromatic carbocycles. The number of hydrogen-bond acceptors (Lipinski definition) is 7. The maximum atomic E-state index is 13.5. The third-order valence-electron chi connectivity index (χ3n) is 5.10. The van der Waals surface area contributed by atoms with Crippen LogP contribution in [0.5, 0.6) is 0 Å². The second-order valence-corrected chi connectivity index (χ2v) is 8.45. The summed E-state index contributed by atoms with van der Waals surface area (Å²) in [6.45, 7) is 3.81. The van der Waals surface area contributed by atoms with Gasteiger partial charge in [0.15, 0.2) is 5.78 Å². The number of fused-ring (bicyclic) bond motifs is 1. The summed E-state index contributed by atoms with van der Waals surface area (Å²) < 4.78 is 14.7. The zero-order valence-corrected chi connectivity index (χ0v) is 19.3. The lowest BCUT2D eigenvalue weighted by Gasteiger charge is -2.09. The van der Waals surface area contributed by atoms with Crippen LogP contribution in [0.15, 0.2) is 42.0 Å². The largest absolute Gasteiger partial charge is 0.347 e. The number of thiophene rings is 1. The first-order valence-corrected chi connectivity index (χ1v) is 11.4. The average molecular weight is 481 g/mol. The molecule has 0 aliphatic carbocycles. The minimum absolute atomic E-state index is 0.00385. The first-order valence-electron chi connectivity index (χ1n) is 10.5. The Morgan fingerprint density at radius 1 is 1.06 bits per heavy atom. The van der Waals surface area contributed by atoms with Gasteiger partial charge in [-0.15, -0.1) is 11.3 Å². The molecule has 0 saturated heterocycles. The zero-order chi connectivity index (χ0) is 24.2. The highest BCUT2D eigenvalue weighted by atomic mass is 32.1. The van der Waals surface area contributed by atoms with Gasteiger partial charge in [-0.2, -0.15) is 14.6 Å². The van der Waals surface area contributed by atoms with E-state index in [9.17, 15) is 18.8 Å². The fourth-order valence-corrected chi connectivity index (χ4v) is 4.17. The summed E-state index contributed by atoms with van der Waals surface area (Å²) in [4.78, 5) is 46.2. The van der Waals surface area contributed by atoms with Crippen LogP contribution < -0.4 is 10.6 Å². The van der Waals surface area contributed by atoms with Crippen molar-refractivity contribution in [1.82, 2.24) is 30.2 Å². The van der Waals surface area contributed by atoms with Crippen LogP contribution in [-0.4, -0.2) is 37.2 Å². The van der Waals surface area contributed by atoms with Gasteiger partial charge in [-0.3, -0.25) is 14.4 Å². The number of ketones is 1. The van der Waals surface area contributed by atoms with E-state index in [0.29, 0.717) is 16.9 Å². The minimum Gasteiger partial charge on any atom is -0.347 e. The number of hydrogen-bond donors (Lipinski definition) is 2. The van der Waals surface area contributed by atoms with Crippen LogP contribution in [-0.2, 0) is 13.1 Å². The normalized spacial score (nSPS) is 10.9. The monoisotopic (exact) mass is 480 g/mol. The van der Waals surface area contributed by atoms with Crippen molar-refractivity contribution in [3.63, 3.8) is 0 Å². The Hall–Kier alpha value is -3.99. The number of carbonyl (C=O) groups is 3. The maximum absolute atomic E-state index is 13.5. The topological polar surface area (TPSA) is 118 Å². The van der Waals surface area contributed by atoms with E-state index < -0.39 is 11.8 Å². The Morgan fingerprint density at radius 2 is 1.82 bits per heavy atom. The van der Waals surface area contributed by atoms with Gasteiger partial charge >= 0.3 is 0 Å². The molecule has 3 aromatic heterocycles. The molecule has 0 aliphatic heterocycles. The van der Waals surface area contributed by atoms with Gasteiger partial charge < -0.3 is 10.6 Å². The van der Waals surface area contributed by atoms with Gasteiger partial charge in [-0.25, -0.2) is 9.37 Å². The molecule has 0 bridgehead atoms. The number of rotatable bonds is 8. The van der Waals surface area contributed by atoms with E-state index in [1.807, 2.05) is 5.38 Å². The molecule has 0 atom stereocenters. The molecule has 9 nitrogen and oxygen atoms in total. The van der Waals surface area contributed by atoms with Gasteiger partial charge in [0.1, 0.15) is 23.5 Å². The maximum Gasteiger partial charge on any atom is 0.270 e. The summed E-state index contributed by atoms with van der Waals surface area (Å²) in [7, 11) is 0. The molecule has 0 saturated carbocycles. The summed E-state index contributed by atoms with van der Waals surface area (Å²) in [5.41, 5.74) is 2.09. The molecule has 0 spiro atoms. The molecule has 0 aliphatic rings. The Kier molecular flexibility index (Phi) is 6.73. The summed E-state index contributed by atoms with van der Waals surface area (Å²) in [5.74, 6) is -1.16. The summed E-state index contributed by atoms with van der Waals surface area (Å²) >= 11 is 1.33. The third kappa shape index (κ3) is 4.99. The first kappa shape index (κ1) is 23.2. The van der Waals surface area contributed by atoms with E-state index in [4.69, 9.17) is 0 Å². The second kappa shape index (κ2) is 9.87. The number of carbonyl (C=O) groups excluding carboxylic acids is 3. The molecule has 0 fully saturated rings. The van der Waals surface area contributed by atoms with Crippen molar-refractivity contribution in [3.8, 4) is 0 Å². The second-order valence-electron chi connectivity index (χ2n) is 7.54. The highest BCUT2D eigenvalue weighted by Gasteiger charge is 2.18. The number of aryl methyl sites for hydroxylation is 1. The molecule has 34 heavy (non-hydrogen) atoms. The van der Waals surface area contributed by atoms with Crippen molar-refractivity contribution < 1.29 is 18.8 Å². The standard InChI is InChI=1S/C23H21FN6O3S/c1-3-19(31)20-7-15(11-34-20)10-26-22(33)18-8-17(29-23-27-12-28-30(18)23)21(32)25-9-14-4-5-16(24)13(2)6-14/h4-8,11-12H,3,9-10H2,1-2H3,(H,25,32)(H,26,33). The molecule has 2 amide bonds. The molecule has 11 heteroatoms.